The van der Waals surface area contributed by atoms with Crippen molar-refractivity contribution in [2.24, 2.45) is 0 Å². The van der Waals surface area contributed by atoms with E-state index in [4.69, 9.17) is 4.42 Å². The number of aromatic hydroxyl groups is 1. The molecule has 140 valence electrons. The van der Waals surface area contributed by atoms with Crippen LogP contribution in [-0.4, -0.2) is 21.2 Å². The van der Waals surface area contributed by atoms with Crippen LogP contribution >= 0.6 is 11.3 Å². The molecule has 0 spiro atoms. The molecule has 0 fully saturated rings. The van der Waals surface area contributed by atoms with E-state index in [1.54, 1.807) is 18.2 Å². The fraction of sp³-hybridized carbons (Fsp3) is 0.100. The van der Waals surface area contributed by atoms with Crippen molar-refractivity contribution in [3.05, 3.63) is 80.6 Å². The number of carbonyl (C=O) groups is 1. The SMILES string of the molecule is Cc1ccc2c(O)c(C(=O)Nc3nnc(Cc4ccccc4)s3)c(=O)oc2c1. The molecule has 0 bridgehead atoms. The standard InChI is InChI=1S/C20H15N3O4S/c1-11-7-8-13-14(9-11)27-19(26)16(17(13)24)18(25)21-20-23-22-15(28-20)10-12-5-3-2-4-6-12/h2-9,24H,10H2,1H3,(H,21,23,25). The molecular formula is C20H15N3O4S. The Morgan fingerprint density at radius 2 is 1.96 bits per heavy atom. The Morgan fingerprint density at radius 1 is 1.18 bits per heavy atom. The van der Waals surface area contributed by atoms with Gasteiger partial charge >= 0.3 is 5.63 Å². The van der Waals surface area contributed by atoms with Crippen LogP contribution in [0.5, 0.6) is 5.75 Å². The van der Waals surface area contributed by atoms with E-state index >= 15 is 0 Å². The second kappa shape index (κ2) is 7.24. The maximum atomic E-state index is 12.5. The predicted molar refractivity (Wildman–Crippen MR) is 106 cm³/mol. The highest BCUT2D eigenvalue weighted by atomic mass is 32.1. The van der Waals surface area contributed by atoms with Gasteiger partial charge in [0.1, 0.15) is 16.3 Å². The Balaban J connectivity index is 1.59. The average Bonchev–Trinajstić information content (AvgIpc) is 3.09. The first-order chi connectivity index (χ1) is 13.5. The van der Waals surface area contributed by atoms with Gasteiger partial charge in [-0.2, -0.15) is 0 Å². The maximum Gasteiger partial charge on any atom is 0.353 e. The van der Waals surface area contributed by atoms with E-state index in [0.29, 0.717) is 11.4 Å². The van der Waals surface area contributed by atoms with Crippen LogP contribution < -0.4 is 10.9 Å². The van der Waals surface area contributed by atoms with Crippen LogP contribution in [0, 0.1) is 6.92 Å². The highest BCUT2D eigenvalue weighted by molar-refractivity contribution is 7.15. The minimum absolute atomic E-state index is 0.222. The number of aryl methyl sites for hydroxylation is 1. The summed E-state index contributed by atoms with van der Waals surface area (Å²) in [5.41, 5.74) is 0.782. The zero-order chi connectivity index (χ0) is 19.7. The third-order valence-corrected chi connectivity index (χ3v) is 4.99. The molecule has 4 aromatic rings. The van der Waals surface area contributed by atoms with E-state index in [1.165, 1.54) is 11.3 Å². The van der Waals surface area contributed by atoms with Crippen molar-refractivity contribution in [3.8, 4) is 5.75 Å². The average molecular weight is 393 g/mol. The molecule has 7 nitrogen and oxygen atoms in total. The molecule has 0 radical (unpaired) electrons. The van der Waals surface area contributed by atoms with Crippen molar-refractivity contribution in [1.82, 2.24) is 10.2 Å². The third-order valence-electron chi connectivity index (χ3n) is 4.15. The molecule has 1 amide bonds. The lowest BCUT2D eigenvalue weighted by atomic mass is 10.1. The Morgan fingerprint density at radius 3 is 2.75 bits per heavy atom. The molecule has 28 heavy (non-hydrogen) atoms. The van der Waals surface area contributed by atoms with Gasteiger partial charge in [-0.05, 0) is 30.2 Å². The van der Waals surface area contributed by atoms with E-state index in [-0.39, 0.29) is 16.1 Å². The van der Waals surface area contributed by atoms with Gasteiger partial charge in [0, 0.05) is 6.42 Å². The van der Waals surface area contributed by atoms with Crippen LogP contribution in [0.3, 0.4) is 0 Å². The first-order valence-corrected chi connectivity index (χ1v) is 9.27. The molecule has 0 saturated carbocycles. The Bertz CT molecular complexity index is 1230. The largest absolute Gasteiger partial charge is 0.506 e. The van der Waals surface area contributed by atoms with Crippen molar-refractivity contribution < 1.29 is 14.3 Å². The number of rotatable bonds is 4. The smallest absolute Gasteiger partial charge is 0.353 e. The number of amides is 1. The van der Waals surface area contributed by atoms with Crippen molar-refractivity contribution >= 4 is 33.3 Å². The molecule has 2 aromatic heterocycles. The van der Waals surface area contributed by atoms with E-state index in [9.17, 15) is 14.7 Å². The van der Waals surface area contributed by atoms with Gasteiger partial charge in [0.2, 0.25) is 5.13 Å². The summed E-state index contributed by atoms with van der Waals surface area (Å²) in [7, 11) is 0. The highest BCUT2D eigenvalue weighted by Crippen LogP contribution is 2.28. The number of anilines is 1. The van der Waals surface area contributed by atoms with Gasteiger partial charge < -0.3 is 9.52 Å². The number of benzene rings is 2. The van der Waals surface area contributed by atoms with E-state index in [2.05, 4.69) is 15.5 Å². The molecule has 0 aliphatic carbocycles. The normalized spacial score (nSPS) is 10.9. The zero-order valence-corrected chi connectivity index (χ0v) is 15.6. The maximum absolute atomic E-state index is 12.5. The molecule has 4 rings (SSSR count). The number of hydrogen-bond donors (Lipinski definition) is 2. The minimum atomic E-state index is -0.915. The highest BCUT2D eigenvalue weighted by Gasteiger charge is 2.22. The van der Waals surface area contributed by atoms with E-state index in [0.717, 1.165) is 11.1 Å². The van der Waals surface area contributed by atoms with Crippen LogP contribution in [-0.2, 0) is 6.42 Å². The Kier molecular flexibility index (Phi) is 4.62. The topological polar surface area (TPSA) is 105 Å². The molecule has 2 heterocycles. The quantitative estimate of drug-likeness (QED) is 0.514. The number of aromatic nitrogens is 2. The minimum Gasteiger partial charge on any atom is -0.506 e. The summed E-state index contributed by atoms with van der Waals surface area (Å²) in [6.07, 6.45) is 0.580. The van der Waals surface area contributed by atoms with Crippen LogP contribution in [0.4, 0.5) is 5.13 Å². The van der Waals surface area contributed by atoms with Gasteiger partial charge in [0.15, 0.2) is 5.56 Å². The molecule has 0 atom stereocenters. The lowest BCUT2D eigenvalue weighted by Crippen LogP contribution is -2.21. The zero-order valence-electron chi connectivity index (χ0n) is 14.8. The van der Waals surface area contributed by atoms with Crippen molar-refractivity contribution in [2.45, 2.75) is 13.3 Å². The molecule has 0 saturated heterocycles. The number of carbonyl (C=O) groups excluding carboxylic acids is 1. The second-order valence-electron chi connectivity index (χ2n) is 6.23. The molecule has 0 unspecified atom stereocenters. The fourth-order valence-corrected chi connectivity index (χ4v) is 3.57. The Labute approximate surface area is 163 Å². The summed E-state index contributed by atoms with van der Waals surface area (Å²) >= 11 is 1.20. The number of nitrogens with zero attached hydrogens (tertiary/aromatic N) is 2. The van der Waals surface area contributed by atoms with Crippen LogP contribution in [0.15, 0.2) is 57.7 Å². The number of fused-ring (bicyclic) bond motifs is 1. The monoisotopic (exact) mass is 393 g/mol. The van der Waals surface area contributed by atoms with Gasteiger partial charge in [0.05, 0.1) is 5.39 Å². The van der Waals surface area contributed by atoms with Gasteiger partial charge in [-0.15, -0.1) is 10.2 Å². The number of hydrogen-bond acceptors (Lipinski definition) is 7. The molecule has 0 aliphatic rings. The summed E-state index contributed by atoms with van der Waals surface area (Å²) < 4.78 is 5.19. The summed E-state index contributed by atoms with van der Waals surface area (Å²) in [5, 5.41) is 22.1. The number of nitrogens with one attached hydrogen (secondary N) is 1. The van der Waals surface area contributed by atoms with Gasteiger partial charge in [0.25, 0.3) is 5.91 Å². The van der Waals surface area contributed by atoms with Crippen molar-refractivity contribution in [2.75, 3.05) is 5.32 Å². The van der Waals surface area contributed by atoms with Crippen LogP contribution in [0.2, 0.25) is 0 Å². The van der Waals surface area contributed by atoms with E-state index in [1.807, 2.05) is 37.3 Å². The molecule has 8 heteroatoms. The van der Waals surface area contributed by atoms with Crippen molar-refractivity contribution in [3.63, 3.8) is 0 Å². The second-order valence-corrected chi connectivity index (χ2v) is 7.29. The van der Waals surface area contributed by atoms with E-state index < -0.39 is 22.8 Å². The predicted octanol–water partition coefficient (Wildman–Crippen LogP) is 3.50. The summed E-state index contributed by atoms with van der Waals surface area (Å²) in [6.45, 7) is 1.83. The lowest BCUT2D eigenvalue weighted by molar-refractivity contribution is 0.102. The molecule has 2 N–H and O–H groups in total. The third kappa shape index (κ3) is 3.49. The van der Waals surface area contributed by atoms with Crippen molar-refractivity contribution in [1.29, 1.82) is 0 Å². The van der Waals surface area contributed by atoms with Gasteiger partial charge in [-0.25, -0.2) is 4.79 Å². The summed E-state index contributed by atoms with van der Waals surface area (Å²) in [4.78, 5) is 24.8. The summed E-state index contributed by atoms with van der Waals surface area (Å²) in [5.74, 6) is -1.21. The molecule has 0 aliphatic heterocycles. The van der Waals surface area contributed by atoms with Gasteiger partial charge in [-0.3, -0.25) is 10.1 Å². The first-order valence-electron chi connectivity index (χ1n) is 8.45. The fourth-order valence-electron chi connectivity index (χ4n) is 2.80. The Hall–Kier alpha value is -3.52. The lowest BCUT2D eigenvalue weighted by Gasteiger charge is -2.06. The molecular weight excluding hydrogens is 378 g/mol. The molecule has 2 aromatic carbocycles. The van der Waals surface area contributed by atoms with Crippen LogP contribution in [0.25, 0.3) is 11.0 Å². The first kappa shape index (κ1) is 17.9. The summed E-state index contributed by atoms with van der Waals surface area (Å²) in [6, 6.07) is 14.7. The van der Waals surface area contributed by atoms with Gasteiger partial charge in [-0.1, -0.05) is 47.7 Å². The van der Waals surface area contributed by atoms with Crippen LogP contribution in [0.1, 0.15) is 26.5 Å².